The minimum atomic E-state index is 0.177. The first-order chi connectivity index (χ1) is 5.27. The van der Waals surface area contributed by atoms with Crippen molar-refractivity contribution in [1.82, 2.24) is 0 Å². The highest BCUT2D eigenvalue weighted by Gasteiger charge is 2.23. The van der Waals surface area contributed by atoms with Gasteiger partial charge in [0, 0.05) is 0 Å². The Bertz CT molecular complexity index is 279. The SMILES string of the molecule is Oc1ccc(C2CC2)cc1Cl. The van der Waals surface area contributed by atoms with Gasteiger partial charge in [0.2, 0.25) is 0 Å². The van der Waals surface area contributed by atoms with Crippen molar-refractivity contribution in [3.8, 4) is 5.75 Å². The van der Waals surface area contributed by atoms with Crippen LogP contribution in [0.25, 0.3) is 0 Å². The summed E-state index contributed by atoms with van der Waals surface area (Å²) >= 11 is 5.74. The lowest BCUT2D eigenvalue weighted by atomic mass is 10.1. The summed E-state index contributed by atoms with van der Waals surface area (Å²) in [6, 6.07) is 5.46. The molecule has 0 bridgehead atoms. The molecule has 0 aliphatic heterocycles. The number of hydrogen-bond donors (Lipinski definition) is 1. The number of aromatic hydroxyl groups is 1. The monoisotopic (exact) mass is 168 g/mol. The maximum absolute atomic E-state index is 9.11. The maximum atomic E-state index is 9.11. The van der Waals surface area contributed by atoms with E-state index in [0.29, 0.717) is 10.9 Å². The molecule has 0 spiro atoms. The molecular formula is C9H9ClO. The second-order valence-corrected chi connectivity index (χ2v) is 3.39. The van der Waals surface area contributed by atoms with E-state index >= 15 is 0 Å². The molecule has 0 aromatic heterocycles. The van der Waals surface area contributed by atoms with Gasteiger partial charge in [0.15, 0.2) is 0 Å². The highest BCUT2D eigenvalue weighted by atomic mass is 35.5. The van der Waals surface area contributed by atoms with Crippen molar-refractivity contribution in [2.24, 2.45) is 0 Å². The number of phenolic OH excluding ortho intramolecular Hbond substituents is 1. The number of hydrogen-bond acceptors (Lipinski definition) is 1. The molecule has 1 aromatic carbocycles. The van der Waals surface area contributed by atoms with Gasteiger partial charge < -0.3 is 5.11 Å². The van der Waals surface area contributed by atoms with E-state index in [-0.39, 0.29) is 5.75 Å². The van der Waals surface area contributed by atoms with E-state index in [1.165, 1.54) is 18.4 Å². The Labute approximate surface area is 70.6 Å². The standard InChI is InChI=1S/C9H9ClO/c10-8-5-7(6-1-2-6)3-4-9(8)11/h3-6,11H,1-2H2. The van der Waals surface area contributed by atoms with E-state index in [1.807, 2.05) is 12.1 Å². The van der Waals surface area contributed by atoms with Crippen molar-refractivity contribution < 1.29 is 5.11 Å². The molecule has 0 heterocycles. The van der Waals surface area contributed by atoms with Crippen molar-refractivity contribution in [2.45, 2.75) is 18.8 Å². The van der Waals surface area contributed by atoms with Crippen LogP contribution in [0.4, 0.5) is 0 Å². The van der Waals surface area contributed by atoms with Crippen molar-refractivity contribution in [3.05, 3.63) is 28.8 Å². The number of halogens is 1. The predicted molar refractivity (Wildman–Crippen MR) is 45.1 cm³/mol. The second-order valence-electron chi connectivity index (χ2n) is 2.99. The molecule has 2 rings (SSSR count). The zero-order valence-corrected chi connectivity index (χ0v) is 6.80. The molecule has 58 valence electrons. The summed E-state index contributed by atoms with van der Waals surface area (Å²) in [5, 5.41) is 9.58. The Kier molecular flexibility index (Phi) is 1.53. The third-order valence-electron chi connectivity index (χ3n) is 2.02. The maximum Gasteiger partial charge on any atom is 0.134 e. The van der Waals surface area contributed by atoms with E-state index < -0.39 is 0 Å². The van der Waals surface area contributed by atoms with Crippen LogP contribution in [0.2, 0.25) is 5.02 Å². The first-order valence-electron chi connectivity index (χ1n) is 3.76. The van der Waals surface area contributed by atoms with Gasteiger partial charge in [-0.15, -0.1) is 0 Å². The largest absolute Gasteiger partial charge is 0.506 e. The molecule has 0 unspecified atom stereocenters. The van der Waals surface area contributed by atoms with Gasteiger partial charge in [-0.05, 0) is 36.5 Å². The normalized spacial score (nSPS) is 16.8. The van der Waals surface area contributed by atoms with Crippen LogP contribution in [-0.2, 0) is 0 Å². The zero-order valence-electron chi connectivity index (χ0n) is 6.05. The van der Waals surface area contributed by atoms with Crippen LogP contribution < -0.4 is 0 Å². The van der Waals surface area contributed by atoms with Gasteiger partial charge in [-0.2, -0.15) is 0 Å². The zero-order chi connectivity index (χ0) is 7.84. The van der Waals surface area contributed by atoms with Crippen molar-refractivity contribution in [1.29, 1.82) is 0 Å². The summed E-state index contributed by atoms with van der Waals surface area (Å²) in [6.07, 6.45) is 2.53. The molecule has 0 atom stereocenters. The lowest BCUT2D eigenvalue weighted by Gasteiger charge is -1.99. The molecule has 0 saturated heterocycles. The van der Waals surface area contributed by atoms with Crippen LogP contribution in [0.15, 0.2) is 18.2 Å². The summed E-state index contributed by atoms with van der Waals surface area (Å²) in [7, 11) is 0. The average molecular weight is 169 g/mol. The van der Waals surface area contributed by atoms with Crippen LogP contribution in [0.3, 0.4) is 0 Å². The van der Waals surface area contributed by atoms with Gasteiger partial charge in [-0.25, -0.2) is 0 Å². The van der Waals surface area contributed by atoms with Gasteiger partial charge in [0.05, 0.1) is 5.02 Å². The van der Waals surface area contributed by atoms with E-state index in [1.54, 1.807) is 6.07 Å². The molecule has 1 fully saturated rings. The minimum Gasteiger partial charge on any atom is -0.506 e. The lowest BCUT2D eigenvalue weighted by molar-refractivity contribution is 0.475. The molecule has 1 nitrogen and oxygen atoms in total. The number of rotatable bonds is 1. The van der Waals surface area contributed by atoms with Gasteiger partial charge in [0.1, 0.15) is 5.75 Å². The quantitative estimate of drug-likeness (QED) is 0.684. The van der Waals surface area contributed by atoms with Crippen LogP contribution in [0.5, 0.6) is 5.75 Å². The Hall–Kier alpha value is -0.690. The van der Waals surface area contributed by atoms with Gasteiger partial charge in [0.25, 0.3) is 0 Å². The molecule has 1 aliphatic carbocycles. The topological polar surface area (TPSA) is 20.2 Å². The summed E-state index contributed by atoms with van der Waals surface area (Å²) in [5.74, 6) is 0.879. The van der Waals surface area contributed by atoms with Crippen LogP contribution in [-0.4, -0.2) is 5.11 Å². The van der Waals surface area contributed by atoms with Gasteiger partial charge >= 0.3 is 0 Å². The molecule has 1 aromatic rings. The van der Waals surface area contributed by atoms with Crippen molar-refractivity contribution >= 4 is 11.6 Å². The summed E-state index contributed by atoms with van der Waals surface area (Å²) in [5.41, 5.74) is 1.26. The highest BCUT2D eigenvalue weighted by Crippen LogP contribution is 2.41. The first-order valence-corrected chi connectivity index (χ1v) is 4.13. The fourth-order valence-electron chi connectivity index (χ4n) is 1.19. The number of phenols is 1. The molecule has 1 N–H and O–H groups in total. The van der Waals surface area contributed by atoms with Crippen LogP contribution in [0.1, 0.15) is 24.3 Å². The second kappa shape index (κ2) is 2.42. The molecule has 2 heteroatoms. The third kappa shape index (κ3) is 1.33. The lowest BCUT2D eigenvalue weighted by Crippen LogP contribution is -1.77. The summed E-state index contributed by atoms with van der Waals surface area (Å²) in [6.45, 7) is 0. The molecular weight excluding hydrogens is 160 g/mol. The number of benzene rings is 1. The first kappa shape index (κ1) is 6.99. The summed E-state index contributed by atoms with van der Waals surface area (Å²) < 4.78 is 0. The van der Waals surface area contributed by atoms with Gasteiger partial charge in [-0.3, -0.25) is 0 Å². The molecule has 1 aliphatic rings. The van der Waals surface area contributed by atoms with E-state index in [2.05, 4.69) is 0 Å². The molecule has 0 radical (unpaired) electrons. The van der Waals surface area contributed by atoms with Crippen LogP contribution >= 0.6 is 11.6 Å². The fourth-order valence-corrected chi connectivity index (χ4v) is 1.38. The molecule has 0 amide bonds. The minimum absolute atomic E-state index is 0.177. The Morgan fingerprint density at radius 3 is 2.64 bits per heavy atom. The Morgan fingerprint density at radius 1 is 1.36 bits per heavy atom. The Balaban J connectivity index is 2.36. The van der Waals surface area contributed by atoms with Crippen molar-refractivity contribution in [3.63, 3.8) is 0 Å². The Morgan fingerprint density at radius 2 is 2.09 bits per heavy atom. The van der Waals surface area contributed by atoms with Crippen LogP contribution in [0, 0.1) is 0 Å². The molecule has 1 saturated carbocycles. The van der Waals surface area contributed by atoms with E-state index in [4.69, 9.17) is 16.7 Å². The third-order valence-corrected chi connectivity index (χ3v) is 2.32. The fraction of sp³-hybridized carbons (Fsp3) is 0.333. The summed E-state index contributed by atoms with van der Waals surface area (Å²) in [4.78, 5) is 0. The average Bonchev–Trinajstić information content (AvgIpc) is 2.77. The smallest absolute Gasteiger partial charge is 0.134 e. The van der Waals surface area contributed by atoms with E-state index in [9.17, 15) is 0 Å². The van der Waals surface area contributed by atoms with E-state index in [0.717, 1.165) is 0 Å². The van der Waals surface area contributed by atoms with Crippen molar-refractivity contribution in [2.75, 3.05) is 0 Å². The highest BCUT2D eigenvalue weighted by molar-refractivity contribution is 6.32. The van der Waals surface area contributed by atoms with Gasteiger partial charge in [-0.1, -0.05) is 17.7 Å². The predicted octanol–water partition coefficient (Wildman–Crippen LogP) is 2.92. The molecule has 11 heavy (non-hydrogen) atoms.